The molecule has 0 heterocycles. The van der Waals surface area contributed by atoms with Crippen molar-refractivity contribution < 1.29 is 9.59 Å². The summed E-state index contributed by atoms with van der Waals surface area (Å²) >= 11 is 5.86. The average Bonchev–Trinajstić information content (AvgIpc) is 2.76. The maximum absolute atomic E-state index is 12.6. The number of rotatable bonds is 5. The summed E-state index contributed by atoms with van der Waals surface area (Å²) in [5, 5.41) is 15.6. The Morgan fingerprint density at radius 3 is 2.39 bits per heavy atom. The first-order valence-corrected chi connectivity index (χ1v) is 9.91. The largest absolute Gasteiger partial charge is 0.322 e. The van der Waals surface area contributed by atoms with E-state index in [2.05, 4.69) is 10.6 Å². The van der Waals surface area contributed by atoms with Crippen LogP contribution in [0, 0.1) is 25.2 Å². The number of anilines is 2. The van der Waals surface area contributed by atoms with Crippen molar-refractivity contribution >= 4 is 40.9 Å². The lowest BCUT2D eigenvalue weighted by Crippen LogP contribution is -2.14. The summed E-state index contributed by atoms with van der Waals surface area (Å²) in [6.07, 6.45) is 1.48. The van der Waals surface area contributed by atoms with Crippen LogP contribution in [0.2, 0.25) is 5.02 Å². The van der Waals surface area contributed by atoms with E-state index in [1.807, 2.05) is 32.0 Å². The molecule has 0 aliphatic rings. The number of aryl methyl sites for hydroxylation is 1. The van der Waals surface area contributed by atoms with Gasteiger partial charge in [0.15, 0.2) is 0 Å². The van der Waals surface area contributed by atoms with Crippen molar-refractivity contribution in [3.8, 4) is 6.07 Å². The lowest BCUT2D eigenvalue weighted by Gasteiger charge is -2.10. The zero-order valence-corrected chi connectivity index (χ0v) is 17.8. The number of amides is 2. The Kier molecular flexibility index (Phi) is 6.86. The van der Waals surface area contributed by atoms with Gasteiger partial charge in [-0.25, -0.2) is 0 Å². The summed E-state index contributed by atoms with van der Waals surface area (Å²) in [5.41, 5.74) is 4.24. The topological polar surface area (TPSA) is 82.0 Å². The summed E-state index contributed by atoms with van der Waals surface area (Å²) in [6.45, 7) is 3.86. The fourth-order valence-electron chi connectivity index (χ4n) is 2.90. The second-order valence-electron chi connectivity index (χ2n) is 6.96. The molecule has 3 aromatic carbocycles. The third-order valence-corrected chi connectivity index (χ3v) is 5.03. The normalized spacial score (nSPS) is 10.8. The molecule has 0 aromatic heterocycles. The Bertz CT molecular complexity index is 1210. The van der Waals surface area contributed by atoms with Crippen LogP contribution in [0.15, 0.2) is 72.3 Å². The predicted octanol–water partition coefficient (Wildman–Crippen LogP) is 5.75. The Morgan fingerprint density at radius 2 is 1.68 bits per heavy atom. The summed E-state index contributed by atoms with van der Waals surface area (Å²) in [5.74, 6) is -0.780. The number of halogens is 1. The molecule has 3 aromatic rings. The van der Waals surface area contributed by atoms with Crippen LogP contribution in [-0.2, 0) is 4.79 Å². The minimum atomic E-state index is -0.494. The molecule has 0 atom stereocenters. The van der Waals surface area contributed by atoms with Gasteiger partial charge in [-0.2, -0.15) is 5.26 Å². The van der Waals surface area contributed by atoms with Crippen LogP contribution in [0.25, 0.3) is 6.08 Å². The van der Waals surface area contributed by atoms with Gasteiger partial charge in [-0.05, 0) is 79.1 Å². The van der Waals surface area contributed by atoms with Crippen LogP contribution in [0.5, 0.6) is 0 Å². The predicted molar refractivity (Wildman–Crippen MR) is 124 cm³/mol. The van der Waals surface area contributed by atoms with E-state index in [0.717, 1.165) is 11.1 Å². The minimum Gasteiger partial charge on any atom is -0.322 e. The summed E-state index contributed by atoms with van der Waals surface area (Å²) in [7, 11) is 0. The second kappa shape index (κ2) is 9.75. The van der Waals surface area contributed by atoms with Gasteiger partial charge in [-0.15, -0.1) is 0 Å². The fraction of sp³-hybridized carbons (Fsp3) is 0.0800. The quantitative estimate of drug-likeness (QED) is 0.400. The highest BCUT2D eigenvalue weighted by atomic mass is 35.5. The average molecular weight is 430 g/mol. The van der Waals surface area contributed by atoms with Crippen molar-refractivity contribution in [3.63, 3.8) is 0 Å². The van der Waals surface area contributed by atoms with Crippen LogP contribution in [0.3, 0.4) is 0 Å². The number of nitriles is 1. The number of carbonyl (C=O) groups excluding carboxylic acids is 2. The minimum absolute atomic E-state index is 0.0397. The Hall–Kier alpha value is -3.88. The van der Waals surface area contributed by atoms with Crippen LogP contribution >= 0.6 is 11.6 Å². The van der Waals surface area contributed by atoms with E-state index in [1.54, 1.807) is 54.6 Å². The number of benzene rings is 3. The van der Waals surface area contributed by atoms with E-state index in [0.29, 0.717) is 27.5 Å². The monoisotopic (exact) mass is 429 g/mol. The third kappa shape index (κ3) is 5.59. The van der Waals surface area contributed by atoms with Crippen LogP contribution in [0.1, 0.15) is 27.0 Å². The van der Waals surface area contributed by atoms with Crippen molar-refractivity contribution in [1.82, 2.24) is 0 Å². The Morgan fingerprint density at radius 1 is 0.968 bits per heavy atom. The maximum Gasteiger partial charge on any atom is 0.266 e. The standard InChI is InChI=1S/C25H20ClN3O2/c1-16-5-3-8-23(17(16)2)29-25(31)20(15-27)13-18-6-4-7-22(14-18)28-24(30)19-9-11-21(26)12-10-19/h3-14H,1-2H3,(H,28,30)(H,29,31)/b20-13+. The van der Waals surface area contributed by atoms with Gasteiger partial charge in [0.1, 0.15) is 11.6 Å². The van der Waals surface area contributed by atoms with E-state index < -0.39 is 5.91 Å². The molecule has 0 spiro atoms. The van der Waals surface area contributed by atoms with Gasteiger partial charge in [0, 0.05) is 22.0 Å². The fourth-order valence-corrected chi connectivity index (χ4v) is 3.03. The van der Waals surface area contributed by atoms with E-state index in [-0.39, 0.29) is 11.5 Å². The Labute approximate surface area is 186 Å². The summed E-state index contributed by atoms with van der Waals surface area (Å²) < 4.78 is 0. The molecule has 0 fully saturated rings. The number of nitrogens with zero attached hydrogens (tertiary/aromatic N) is 1. The molecule has 6 heteroatoms. The third-order valence-electron chi connectivity index (χ3n) is 4.78. The maximum atomic E-state index is 12.6. The second-order valence-corrected chi connectivity index (χ2v) is 7.39. The van der Waals surface area contributed by atoms with Crippen molar-refractivity contribution in [2.75, 3.05) is 10.6 Å². The molecule has 0 unspecified atom stereocenters. The molecule has 0 aliphatic carbocycles. The molecule has 0 aliphatic heterocycles. The van der Waals surface area contributed by atoms with E-state index in [1.165, 1.54) is 6.08 Å². The van der Waals surface area contributed by atoms with Crippen molar-refractivity contribution in [2.45, 2.75) is 13.8 Å². The smallest absolute Gasteiger partial charge is 0.266 e. The lowest BCUT2D eigenvalue weighted by molar-refractivity contribution is -0.112. The molecule has 2 N–H and O–H groups in total. The van der Waals surface area contributed by atoms with E-state index in [4.69, 9.17) is 11.6 Å². The van der Waals surface area contributed by atoms with Gasteiger partial charge in [-0.3, -0.25) is 9.59 Å². The molecule has 0 saturated carbocycles. The number of hydrogen-bond acceptors (Lipinski definition) is 3. The molecule has 31 heavy (non-hydrogen) atoms. The Balaban J connectivity index is 1.77. The molecule has 2 amide bonds. The van der Waals surface area contributed by atoms with Crippen molar-refractivity contribution in [3.05, 3.63) is 99.6 Å². The van der Waals surface area contributed by atoms with E-state index in [9.17, 15) is 14.9 Å². The molecule has 0 saturated heterocycles. The van der Waals surface area contributed by atoms with Gasteiger partial charge in [0.25, 0.3) is 11.8 Å². The molecule has 5 nitrogen and oxygen atoms in total. The molecule has 3 rings (SSSR count). The van der Waals surface area contributed by atoms with Crippen LogP contribution in [0.4, 0.5) is 11.4 Å². The highest BCUT2D eigenvalue weighted by Gasteiger charge is 2.12. The summed E-state index contributed by atoms with van der Waals surface area (Å²) in [4.78, 5) is 25.0. The van der Waals surface area contributed by atoms with Gasteiger partial charge >= 0.3 is 0 Å². The lowest BCUT2D eigenvalue weighted by atomic mass is 10.1. The highest BCUT2D eigenvalue weighted by molar-refractivity contribution is 6.30. The molecule has 0 bridgehead atoms. The van der Waals surface area contributed by atoms with E-state index >= 15 is 0 Å². The van der Waals surface area contributed by atoms with Crippen molar-refractivity contribution in [2.24, 2.45) is 0 Å². The van der Waals surface area contributed by atoms with Gasteiger partial charge < -0.3 is 10.6 Å². The number of carbonyl (C=O) groups is 2. The van der Waals surface area contributed by atoms with Crippen LogP contribution < -0.4 is 10.6 Å². The van der Waals surface area contributed by atoms with Crippen molar-refractivity contribution in [1.29, 1.82) is 5.26 Å². The molecule has 0 radical (unpaired) electrons. The highest BCUT2D eigenvalue weighted by Crippen LogP contribution is 2.20. The molecule has 154 valence electrons. The number of nitrogens with one attached hydrogen (secondary N) is 2. The molecular formula is C25H20ClN3O2. The summed E-state index contributed by atoms with van der Waals surface area (Å²) in [6, 6.07) is 21.0. The van der Waals surface area contributed by atoms with Gasteiger partial charge in [0.05, 0.1) is 0 Å². The first kappa shape index (κ1) is 21.8. The zero-order chi connectivity index (χ0) is 22.4. The number of hydrogen-bond donors (Lipinski definition) is 2. The SMILES string of the molecule is Cc1cccc(NC(=O)/C(C#N)=C/c2cccc(NC(=O)c3ccc(Cl)cc3)c2)c1C. The van der Waals surface area contributed by atoms with Gasteiger partial charge in [0.2, 0.25) is 0 Å². The molecular weight excluding hydrogens is 410 g/mol. The zero-order valence-electron chi connectivity index (χ0n) is 17.1. The van der Waals surface area contributed by atoms with Gasteiger partial charge in [-0.1, -0.05) is 35.9 Å². The van der Waals surface area contributed by atoms with Crippen LogP contribution in [-0.4, -0.2) is 11.8 Å². The first-order chi connectivity index (χ1) is 14.9. The first-order valence-electron chi connectivity index (χ1n) is 9.53.